The van der Waals surface area contributed by atoms with E-state index in [4.69, 9.17) is 0 Å². The van der Waals surface area contributed by atoms with Crippen LogP contribution >= 0.6 is 0 Å². The molecule has 1 aromatic carbocycles. The molecular weight excluding hydrogens is 259 g/mol. The van der Waals surface area contributed by atoms with Crippen LogP contribution in [-0.2, 0) is 0 Å². The number of phenols is 1. The van der Waals surface area contributed by atoms with Crippen molar-refractivity contribution in [3.05, 3.63) is 29.6 Å². The molecule has 1 aliphatic rings. The largest absolute Gasteiger partial charge is 0.507 e. The van der Waals surface area contributed by atoms with E-state index in [1.54, 1.807) is 4.90 Å². The van der Waals surface area contributed by atoms with Crippen LogP contribution in [0.1, 0.15) is 30.1 Å². The van der Waals surface area contributed by atoms with E-state index in [-0.39, 0.29) is 17.2 Å². The molecule has 0 aliphatic carbocycles. The minimum absolute atomic E-state index is 0.171. The number of carbonyl (C=O) groups excluding carboxylic acids is 1. The van der Waals surface area contributed by atoms with E-state index in [0.29, 0.717) is 25.0 Å². The number of phenolic OH excluding ortho intramolecular Hbond substituents is 1. The van der Waals surface area contributed by atoms with Crippen molar-refractivity contribution in [2.75, 3.05) is 20.1 Å². The lowest BCUT2D eigenvalue weighted by atomic mass is 9.89. The maximum atomic E-state index is 13.0. The average Bonchev–Trinajstić information content (AvgIpc) is 2.45. The van der Waals surface area contributed by atoms with Gasteiger partial charge >= 0.3 is 0 Å². The van der Waals surface area contributed by atoms with Gasteiger partial charge in [0.15, 0.2) is 0 Å². The number of aromatic hydroxyl groups is 1. The number of benzene rings is 1. The van der Waals surface area contributed by atoms with Gasteiger partial charge in [0.1, 0.15) is 11.6 Å². The monoisotopic (exact) mass is 280 g/mol. The van der Waals surface area contributed by atoms with Crippen molar-refractivity contribution in [3.63, 3.8) is 0 Å². The summed E-state index contributed by atoms with van der Waals surface area (Å²) < 4.78 is 13.0. The molecule has 0 aromatic heterocycles. The van der Waals surface area contributed by atoms with Gasteiger partial charge in [0.25, 0.3) is 5.91 Å². The van der Waals surface area contributed by atoms with E-state index in [1.807, 2.05) is 7.05 Å². The molecule has 0 radical (unpaired) electrons. The summed E-state index contributed by atoms with van der Waals surface area (Å²) in [4.78, 5) is 14.2. The van der Waals surface area contributed by atoms with Crippen LogP contribution in [0.25, 0.3) is 0 Å². The van der Waals surface area contributed by atoms with Gasteiger partial charge in [-0.3, -0.25) is 4.79 Å². The number of hydrogen-bond acceptors (Lipinski definition) is 3. The highest BCUT2D eigenvalue weighted by atomic mass is 19.1. The van der Waals surface area contributed by atoms with E-state index in [0.717, 1.165) is 18.9 Å². The molecule has 0 saturated carbocycles. The highest BCUT2D eigenvalue weighted by Gasteiger charge is 2.30. The lowest BCUT2D eigenvalue weighted by Crippen LogP contribution is -2.50. The van der Waals surface area contributed by atoms with Gasteiger partial charge in [-0.25, -0.2) is 4.39 Å². The Balaban J connectivity index is 2.13. The molecule has 1 aromatic rings. The fourth-order valence-corrected chi connectivity index (χ4v) is 2.87. The van der Waals surface area contributed by atoms with Crippen molar-refractivity contribution in [1.29, 1.82) is 0 Å². The van der Waals surface area contributed by atoms with E-state index < -0.39 is 5.82 Å². The second kappa shape index (κ2) is 6.22. The molecule has 2 N–H and O–H groups in total. The summed E-state index contributed by atoms with van der Waals surface area (Å²) in [6.45, 7) is 3.42. The van der Waals surface area contributed by atoms with Crippen molar-refractivity contribution >= 4 is 5.91 Å². The Morgan fingerprint density at radius 3 is 2.90 bits per heavy atom. The minimum atomic E-state index is -0.542. The Morgan fingerprint density at radius 1 is 1.55 bits per heavy atom. The summed E-state index contributed by atoms with van der Waals surface area (Å²) in [5, 5.41) is 13.0. The first-order valence-corrected chi connectivity index (χ1v) is 7.01. The fraction of sp³-hybridized carbons (Fsp3) is 0.533. The lowest BCUT2D eigenvalue weighted by molar-refractivity contribution is 0.0628. The van der Waals surface area contributed by atoms with Crippen LogP contribution in [-0.4, -0.2) is 42.1 Å². The number of halogens is 1. The van der Waals surface area contributed by atoms with E-state index in [1.165, 1.54) is 12.1 Å². The van der Waals surface area contributed by atoms with Crippen molar-refractivity contribution in [1.82, 2.24) is 10.2 Å². The molecule has 0 bridgehead atoms. The van der Waals surface area contributed by atoms with Crippen molar-refractivity contribution in [2.24, 2.45) is 5.92 Å². The van der Waals surface area contributed by atoms with Crippen LogP contribution in [0.3, 0.4) is 0 Å². The number of likely N-dealkylation sites (tertiary alicyclic amines) is 1. The summed E-state index contributed by atoms with van der Waals surface area (Å²) in [6.07, 6.45) is 1.88. The predicted molar refractivity (Wildman–Crippen MR) is 75.2 cm³/mol. The number of piperidine rings is 1. The van der Waals surface area contributed by atoms with Crippen LogP contribution in [0.5, 0.6) is 5.75 Å². The van der Waals surface area contributed by atoms with Crippen molar-refractivity contribution < 1.29 is 14.3 Å². The summed E-state index contributed by atoms with van der Waals surface area (Å²) >= 11 is 0. The van der Waals surface area contributed by atoms with Crippen LogP contribution in [0, 0.1) is 11.7 Å². The third-order valence-electron chi connectivity index (χ3n) is 4.11. The Morgan fingerprint density at radius 2 is 2.30 bits per heavy atom. The second-order valence-corrected chi connectivity index (χ2v) is 5.26. The molecule has 2 atom stereocenters. The summed E-state index contributed by atoms with van der Waals surface area (Å²) in [6, 6.07) is 3.94. The molecule has 5 heteroatoms. The standard InChI is InChI=1S/C15H21FN2O2/c1-3-10-9-18(7-6-13(10)17-2)15(20)12-5-4-11(16)8-14(12)19/h4-5,8,10,13,17,19H,3,6-7,9H2,1-2H3. The fourth-order valence-electron chi connectivity index (χ4n) is 2.87. The number of nitrogens with one attached hydrogen (secondary N) is 1. The summed E-state index contributed by atoms with van der Waals surface area (Å²) in [5.41, 5.74) is 0.171. The molecule has 1 aliphatic heterocycles. The van der Waals surface area contributed by atoms with Crippen LogP contribution in [0.4, 0.5) is 4.39 Å². The molecular formula is C15H21FN2O2. The molecule has 110 valence electrons. The van der Waals surface area contributed by atoms with Crippen LogP contribution in [0.15, 0.2) is 18.2 Å². The Kier molecular flexibility index (Phi) is 4.60. The van der Waals surface area contributed by atoms with Crippen LogP contribution < -0.4 is 5.32 Å². The van der Waals surface area contributed by atoms with Gasteiger partial charge in [0, 0.05) is 25.2 Å². The number of nitrogens with zero attached hydrogens (tertiary/aromatic N) is 1. The van der Waals surface area contributed by atoms with E-state index in [9.17, 15) is 14.3 Å². The molecule has 1 amide bonds. The van der Waals surface area contributed by atoms with E-state index >= 15 is 0 Å². The number of hydrogen-bond donors (Lipinski definition) is 2. The number of amides is 1. The molecule has 4 nitrogen and oxygen atoms in total. The van der Waals surface area contributed by atoms with Crippen LogP contribution in [0.2, 0.25) is 0 Å². The summed E-state index contributed by atoms with van der Waals surface area (Å²) in [7, 11) is 1.94. The molecule has 1 heterocycles. The second-order valence-electron chi connectivity index (χ2n) is 5.26. The average molecular weight is 280 g/mol. The normalized spacial score (nSPS) is 22.9. The predicted octanol–water partition coefficient (Wildman–Crippen LogP) is 1.99. The highest BCUT2D eigenvalue weighted by Crippen LogP contribution is 2.25. The Hall–Kier alpha value is -1.62. The van der Waals surface area contributed by atoms with Gasteiger partial charge in [-0.05, 0) is 31.5 Å². The van der Waals surface area contributed by atoms with Gasteiger partial charge in [0.2, 0.25) is 0 Å². The third kappa shape index (κ3) is 2.93. The first-order valence-electron chi connectivity index (χ1n) is 7.01. The number of carbonyl (C=O) groups is 1. The Labute approximate surface area is 118 Å². The number of rotatable bonds is 3. The maximum absolute atomic E-state index is 13.0. The molecule has 20 heavy (non-hydrogen) atoms. The molecule has 2 rings (SSSR count). The first-order chi connectivity index (χ1) is 9.56. The quantitative estimate of drug-likeness (QED) is 0.890. The van der Waals surface area contributed by atoms with Crippen molar-refractivity contribution in [2.45, 2.75) is 25.8 Å². The zero-order valence-electron chi connectivity index (χ0n) is 11.9. The lowest BCUT2D eigenvalue weighted by Gasteiger charge is -2.38. The molecule has 0 spiro atoms. The van der Waals surface area contributed by atoms with Gasteiger partial charge in [-0.15, -0.1) is 0 Å². The molecule has 1 fully saturated rings. The summed E-state index contributed by atoms with van der Waals surface area (Å²) in [5.74, 6) is -0.658. The van der Waals surface area contributed by atoms with E-state index in [2.05, 4.69) is 12.2 Å². The molecule has 2 unspecified atom stereocenters. The smallest absolute Gasteiger partial charge is 0.257 e. The SMILES string of the molecule is CCC1CN(C(=O)c2ccc(F)cc2O)CCC1NC. The first kappa shape index (κ1) is 14.8. The zero-order chi connectivity index (χ0) is 14.7. The zero-order valence-corrected chi connectivity index (χ0v) is 11.9. The van der Waals surface area contributed by atoms with Gasteiger partial charge < -0.3 is 15.3 Å². The van der Waals surface area contributed by atoms with Gasteiger partial charge in [0.05, 0.1) is 5.56 Å². The topological polar surface area (TPSA) is 52.6 Å². The third-order valence-corrected chi connectivity index (χ3v) is 4.11. The molecule has 1 saturated heterocycles. The van der Waals surface area contributed by atoms with Gasteiger partial charge in [-0.2, -0.15) is 0 Å². The minimum Gasteiger partial charge on any atom is -0.507 e. The Bertz CT molecular complexity index is 493. The van der Waals surface area contributed by atoms with Crippen molar-refractivity contribution in [3.8, 4) is 5.75 Å². The van der Waals surface area contributed by atoms with Gasteiger partial charge in [-0.1, -0.05) is 13.3 Å². The highest BCUT2D eigenvalue weighted by molar-refractivity contribution is 5.96. The maximum Gasteiger partial charge on any atom is 0.257 e.